The Morgan fingerprint density at radius 3 is 2.68 bits per heavy atom. The Bertz CT molecular complexity index is 499. The number of ether oxygens (including phenoxy) is 1. The van der Waals surface area contributed by atoms with Gasteiger partial charge < -0.3 is 15.4 Å². The van der Waals surface area contributed by atoms with Crippen LogP contribution in [0.3, 0.4) is 0 Å². The van der Waals surface area contributed by atoms with Gasteiger partial charge in [0.15, 0.2) is 0 Å². The third-order valence-electron chi connectivity index (χ3n) is 3.91. The number of methoxy groups -OCH3 is 1. The third-order valence-corrected chi connectivity index (χ3v) is 4.34. The fourth-order valence-corrected chi connectivity index (χ4v) is 3.03. The van der Waals surface area contributed by atoms with Crippen LogP contribution < -0.4 is 10.6 Å². The lowest BCUT2D eigenvalue weighted by Gasteiger charge is -2.37. The number of hydrogen-bond donors (Lipinski definition) is 2. The quantitative estimate of drug-likeness (QED) is 0.821. The molecule has 1 aliphatic heterocycles. The van der Waals surface area contributed by atoms with Crippen LogP contribution in [0.4, 0.5) is 19.0 Å². The first-order chi connectivity index (χ1) is 10.4. The topological polar surface area (TPSA) is 46.2 Å². The summed E-state index contributed by atoms with van der Waals surface area (Å²) in [6, 6.07) is 1.04. The number of pyridine rings is 1. The van der Waals surface area contributed by atoms with Crippen LogP contribution in [0.5, 0.6) is 0 Å². The maximum absolute atomic E-state index is 13.1. The molecule has 1 aliphatic rings. The molecule has 0 spiro atoms. The summed E-state index contributed by atoms with van der Waals surface area (Å²) in [7, 11) is 1.61. The number of rotatable bonds is 5. The highest BCUT2D eigenvalue weighted by molar-refractivity contribution is 9.10. The molecule has 2 heterocycles. The van der Waals surface area contributed by atoms with Crippen molar-refractivity contribution in [2.24, 2.45) is 5.41 Å². The number of piperidine rings is 1. The van der Waals surface area contributed by atoms with E-state index >= 15 is 0 Å². The standard InChI is InChI=1S/C14H19BrF3N3O/c1-22-9-13(2-4-19-5-3-13)8-21-12-11(14(16,17)18)6-10(15)7-20-12/h6-7,19H,2-5,8-9H2,1H3,(H,20,21). The average molecular weight is 382 g/mol. The second-order valence-electron chi connectivity index (χ2n) is 5.58. The third kappa shape index (κ3) is 4.33. The molecule has 1 aromatic heterocycles. The summed E-state index contributed by atoms with van der Waals surface area (Å²) in [5.41, 5.74) is -0.930. The van der Waals surface area contributed by atoms with Gasteiger partial charge in [0, 0.05) is 29.7 Å². The van der Waals surface area contributed by atoms with Crippen molar-refractivity contribution >= 4 is 21.7 Å². The maximum atomic E-state index is 13.1. The van der Waals surface area contributed by atoms with Crippen LogP contribution in [-0.2, 0) is 10.9 Å². The number of aromatic nitrogens is 1. The highest BCUT2D eigenvalue weighted by Gasteiger charge is 2.36. The van der Waals surface area contributed by atoms with Crippen LogP contribution in [0.2, 0.25) is 0 Å². The number of alkyl halides is 3. The molecule has 124 valence electrons. The van der Waals surface area contributed by atoms with E-state index in [9.17, 15) is 13.2 Å². The minimum Gasteiger partial charge on any atom is -0.384 e. The molecule has 0 saturated carbocycles. The maximum Gasteiger partial charge on any atom is 0.419 e. The fraction of sp³-hybridized carbons (Fsp3) is 0.643. The highest BCUT2D eigenvalue weighted by Crippen LogP contribution is 2.36. The summed E-state index contributed by atoms with van der Waals surface area (Å²) < 4.78 is 44.9. The first-order valence-electron chi connectivity index (χ1n) is 7.03. The number of halogens is 4. The van der Waals surface area contributed by atoms with E-state index in [1.54, 1.807) is 7.11 Å². The highest BCUT2D eigenvalue weighted by atomic mass is 79.9. The van der Waals surface area contributed by atoms with E-state index in [2.05, 4.69) is 31.5 Å². The van der Waals surface area contributed by atoms with Crippen molar-refractivity contribution < 1.29 is 17.9 Å². The van der Waals surface area contributed by atoms with Gasteiger partial charge in [-0.05, 0) is 47.9 Å². The number of hydrogen-bond acceptors (Lipinski definition) is 4. The first kappa shape index (κ1) is 17.5. The monoisotopic (exact) mass is 381 g/mol. The Balaban J connectivity index is 2.16. The Morgan fingerprint density at radius 1 is 1.41 bits per heavy atom. The molecule has 0 atom stereocenters. The molecule has 2 N–H and O–H groups in total. The van der Waals surface area contributed by atoms with E-state index < -0.39 is 11.7 Å². The Hall–Kier alpha value is -0.860. The van der Waals surface area contributed by atoms with Crippen LogP contribution >= 0.6 is 15.9 Å². The van der Waals surface area contributed by atoms with Crippen molar-refractivity contribution in [1.29, 1.82) is 0 Å². The van der Waals surface area contributed by atoms with Gasteiger partial charge in [-0.1, -0.05) is 0 Å². The summed E-state index contributed by atoms with van der Waals surface area (Å²) in [6.45, 7) is 2.59. The number of anilines is 1. The molecule has 2 rings (SSSR count). The Morgan fingerprint density at radius 2 is 2.09 bits per heavy atom. The molecule has 22 heavy (non-hydrogen) atoms. The summed E-state index contributed by atoms with van der Waals surface area (Å²) in [5, 5.41) is 6.14. The van der Waals surface area contributed by atoms with Gasteiger partial charge >= 0.3 is 6.18 Å². The van der Waals surface area contributed by atoms with E-state index in [0.717, 1.165) is 32.0 Å². The minimum atomic E-state index is -4.44. The lowest BCUT2D eigenvalue weighted by atomic mass is 9.79. The van der Waals surface area contributed by atoms with Crippen LogP contribution in [0.1, 0.15) is 18.4 Å². The van der Waals surface area contributed by atoms with Crippen molar-refractivity contribution in [2.75, 3.05) is 38.7 Å². The van der Waals surface area contributed by atoms with Crippen molar-refractivity contribution in [3.05, 3.63) is 22.3 Å². The molecular formula is C14H19BrF3N3O. The zero-order valence-corrected chi connectivity index (χ0v) is 13.9. The predicted octanol–water partition coefficient (Wildman–Crippen LogP) is 3.29. The Labute approximate surface area is 136 Å². The fourth-order valence-electron chi connectivity index (χ4n) is 2.70. The predicted molar refractivity (Wildman–Crippen MR) is 81.8 cm³/mol. The molecule has 1 fully saturated rings. The molecule has 1 saturated heterocycles. The molecule has 8 heteroatoms. The molecule has 0 aliphatic carbocycles. The zero-order chi connectivity index (χ0) is 16.2. The van der Waals surface area contributed by atoms with Crippen molar-refractivity contribution in [3.63, 3.8) is 0 Å². The van der Waals surface area contributed by atoms with Gasteiger partial charge in [-0.15, -0.1) is 0 Å². The molecule has 0 amide bonds. The van der Waals surface area contributed by atoms with Crippen LogP contribution in [0.25, 0.3) is 0 Å². The largest absolute Gasteiger partial charge is 0.419 e. The number of nitrogens with one attached hydrogen (secondary N) is 2. The summed E-state index contributed by atoms with van der Waals surface area (Å²) in [4.78, 5) is 3.89. The summed E-state index contributed by atoms with van der Waals surface area (Å²) in [6.07, 6.45) is -1.37. The lowest BCUT2D eigenvalue weighted by molar-refractivity contribution is -0.137. The van der Waals surface area contributed by atoms with Gasteiger partial charge in [-0.2, -0.15) is 13.2 Å². The molecular weight excluding hydrogens is 363 g/mol. The normalized spacial score (nSPS) is 18.2. The smallest absolute Gasteiger partial charge is 0.384 e. The van der Waals surface area contributed by atoms with Crippen molar-refractivity contribution in [2.45, 2.75) is 19.0 Å². The van der Waals surface area contributed by atoms with Crippen LogP contribution in [0, 0.1) is 5.41 Å². The van der Waals surface area contributed by atoms with E-state index in [1.165, 1.54) is 6.20 Å². The first-order valence-corrected chi connectivity index (χ1v) is 7.82. The second-order valence-corrected chi connectivity index (χ2v) is 6.50. The average Bonchev–Trinajstić information content (AvgIpc) is 2.46. The second kappa shape index (κ2) is 7.14. The Kier molecular flexibility index (Phi) is 5.68. The molecule has 0 aromatic carbocycles. The van der Waals surface area contributed by atoms with Gasteiger partial charge in [0.1, 0.15) is 5.82 Å². The molecule has 1 aromatic rings. The van der Waals surface area contributed by atoms with Crippen molar-refractivity contribution in [3.8, 4) is 0 Å². The zero-order valence-electron chi connectivity index (χ0n) is 12.3. The number of nitrogens with zero attached hydrogens (tertiary/aromatic N) is 1. The molecule has 0 radical (unpaired) electrons. The van der Waals surface area contributed by atoms with Crippen molar-refractivity contribution in [1.82, 2.24) is 10.3 Å². The van der Waals surface area contributed by atoms with Gasteiger partial charge in [-0.25, -0.2) is 4.98 Å². The van der Waals surface area contributed by atoms with E-state index in [-0.39, 0.29) is 11.2 Å². The molecule has 4 nitrogen and oxygen atoms in total. The molecule has 0 bridgehead atoms. The SMILES string of the molecule is COCC1(CNc2ncc(Br)cc2C(F)(F)F)CCNCC1. The lowest BCUT2D eigenvalue weighted by Crippen LogP contribution is -2.44. The van der Waals surface area contributed by atoms with Gasteiger partial charge in [0.2, 0.25) is 0 Å². The van der Waals surface area contributed by atoms with E-state index in [1.807, 2.05) is 0 Å². The molecule has 0 unspecified atom stereocenters. The summed E-state index contributed by atoms with van der Waals surface area (Å²) >= 11 is 3.03. The minimum absolute atomic E-state index is 0.135. The van der Waals surface area contributed by atoms with Gasteiger partial charge in [0.25, 0.3) is 0 Å². The van der Waals surface area contributed by atoms with Crippen LogP contribution in [-0.4, -0.2) is 38.3 Å². The van der Waals surface area contributed by atoms with Gasteiger partial charge in [0.05, 0.1) is 12.2 Å². The van der Waals surface area contributed by atoms with E-state index in [0.29, 0.717) is 17.6 Å². The van der Waals surface area contributed by atoms with E-state index in [4.69, 9.17) is 4.74 Å². The summed E-state index contributed by atoms with van der Waals surface area (Å²) in [5.74, 6) is -0.135. The van der Waals surface area contributed by atoms with Gasteiger partial charge in [-0.3, -0.25) is 0 Å². The van der Waals surface area contributed by atoms with Crippen LogP contribution in [0.15, 0.2) is 16.7 Å².